The van der Waals surface area contributed by atoms with Gasteiger partial charge in [-0.1, -0.05) is 12.1 Å². The van der Waals surface area contributed by atoms with Crippen LogP contribution in [0.2, 0.25) is 0 Å². The van der Waals surface area contributed by atoms with Gasteiger partial charge in [0.1, 0.15) is 5.82 Å². The maximum atomic E-state index is 12.4. The zero-order valence-corrected chi connectivity index (χ0v) is 12.0. The third-order valence-corrected chi connectivity index (χ3v) is 3.64. The number of nitrogens with zero attached hydrogens (tertiary/aromatic N) is 3. The van der Waals surface area contributed by atoms with E-state index >= 15 is 0 Å². The van der Waals surface area contributed by atoms with Gasteiger partial charge in [0.15, 0.2) is 0 Å². The highest BCUT2D eigenvalue weighted by Gasteiger charge is 2.11. The van der Waals surface area contributed by atoms with E-state index in [-0.39, 0.29) is 5.56 Å². The molecule has 0 saturated heterocycles. The van der Waals surface area contributed by atoms with Gasteiger partial charge in [-0.3, -0.25) is 14.3 Å². The second-order valence-electron chi connectivity index (χ2n) is 4.12. The lowest BCUT2D eigenvalue weighted by atomic mass is 10.2. The van der Waals surface area contributed by atoms with Crippen molar-refractivity contribution in [2.45, 2.75) is 0 Å². The third kappa shape index (κ3) is 2.28. The van der Waals surface area contributed by atoms with Crippen LogP contribution in [0.1, 0.15) is 0 Å². The summed E-state index contributed by atoms with van der Waals surface area (Å²) in [5, 5.41) is 0. The molecule has 3 aromatic heterocycles. The van der Waals surface area contributed by atoms with Crippen LogP contribution in [-0.4, -0.2) is 14.5 Å². The lowest BCUT2D eigenvalue weighted by molar-refractivity contribution is 0.934. The molecule has 3 heterocycles. The molecular weight excluding hydrogens is 318 g/mol. The Morgan fingerprint density at radius 2 is 1.70 bits per heavy atom. The lowest BCUT2D eigenvalue weighted by Crippen LogP contribution is -2.19. The first-order valence-corrected chi connectivity index (χ1v) is 6.80. The van der Waals surface area contributed by atoms with Crippen LogP contribution in [0.25, 0.3) is 17.1 Å². The van der Waals surface area contributed by atoms with Crippen molar-refractivity contribution in [2.75, 3.05) is 0 Å². The molecule has 5 heteroatoms. The number of halogens is 1. The molecule has 0 amide bonds. The van der Waals surface area contributed by atoms with Crippen LogP contribution in [0.4, 0.5) is 0 Å². The van der Waals surface area contributed by atoms with E-state index in [0.717, 1.165) is 11.3 Å². The topological polar surface area (TPSA) is 47.8 Å². The Morgan fingerprint density at radius 3 is 2.35 bits per heavy atom. The summed E-state index contributed by atoms with van der Waals surface area (Å²) in [6, 6.07) is 12.9. The summed E-state index contributed by atoms with van der Waals surface area (Å²) in [5.74, 6) is 0.589. The van der Waals surface area contributed by atoms with E-state index in [1.54, 1.807) is 24.7 Å². The molecule has 98 valence electrons. The molecule has 0 aliphatic heterocycles. The number of aromatic nitrogens is 3. The molecule has 0 bridgehead atoms. The van der Waals surface area contributed by atoms with Crippen LogP contribution in [0.3, 0.4) is 0 Å². The van der Waals surface area contributed by atoms with Gasteiger partial charge in [0.2, 0.25) is 0 Å². The first-order valence-electron chi connectivity index (χ1n) is 6.01. The molecule has 0 spiro atoms. The SMILES string of the molecule is O=c1c(Br)c(-c2ccccn2)ccn1-c1ccccn1. The highest BCUT2D eigenvalue weighted by atomic mass is 79.9. The molecule has 0 atom stereocenters. The first-order chi connectivity index (χ1) is 9.77. The summed E-state index contributed by atoms with van der Waals surface area (Å²) in [6.45, 7) is 0. The second kappa shape index (κ2) is 5.38. The number of rotatable bonds is 2. The maximum Gasteiger partial charge on any atom is 0.271 e. The molecule has 0 unspecified atom stereocenters. The van der Waals surface area contributed by atoms with Crippen molar-refractivity contribution >= 4 is 15.9 Å². The van der Waals surface area contributed by atoms with Gasteiger partial charge >= 0.3 is 0 Å². The predicted octanol–water partition coefficient (Wildman–Crippen LogP) is 3.06. The van der Waals surface area contributed by atoms with Crippen molar-refractivity contribution in [3.8, 4) is 17.1 Å². The van der Waals surface area contributed by atoms with Crippen LogP contribution in [0.5, 0.6) is 0 Å². The Hall–Kier alpha value is -2.27. The number of hydrogen-bond acceptors (Lipinski definition) is 3. The van der Waals surface area contributed by atoms with Crippen molar-refractivity contribution in [1.29, 1.82) is 0 Å². The number of hydrogen-bond donors (Lipinski definition) is 0. The normalized spacial score (nSPS) is 10.4. The molecule has 0 aliphatic carbocycles. The van der Waals surface area contributed by atoms with Crippen molar-refractivity contribution < 1.29 is 0 Å². The minimum Gasteiger partial charge on any atom is -0.268 e. The fourth-order valence-electron chi connectivity index (χ4n) is 1.91. The van der Waals surface area contributed by atoms with Crippen molar-refractivity contribution in [2.24, 2.45) is 0 Å². The Morgan fingerprint density at radius 1 is 0.950 bits per heavy atom. The van der Waals surface area contributed by atoms with Crippen LogP contribution in [0.15, 0.2) is 70.3 Å². The third-order valence-electron chi connectivity index (χ3n) is 2.87. The van der Waals surface area contributed by atoms with Gasteiger partial charge in [0.25, 0.3) is 5.56 Å². The average Bonchev–Trinajstić information content (AvgIpc) is 2.52. The van der Waals surface area contributed by atoms with Crippen LogP contribution in [-0.2, 0) is 0 Å². The van der Waals surface area contributed by atoms with E-state index in [1.807, 2.05) is 36.4 Å². The van der Waals surface area contributed by atoms with E-state index in [4.69, 9.17) is 0 Å². The number of pyridine rings is 3. The predicted molar refractivity (Wildman–Crippen MR) is 80.8 cm³/mol. The minimum absolute atomic E-state index is 0.160. The summed E-state index contributed by atoms with van der Waals surface area (Å²) >= 11 is 3.36. The zero-order chi connectivity index (χ0) is 13.9. The summed E-state index contributed by atoms with van der Waals surface area (Å²) < 4.78 is 1.97. The van der Waals surface area contributed by atoms with E-state index in [1.165, 1.54) is 4.57 Å². The van der Waals surface area contributed by atoms with Crippen LogP contribution in [0, 0.1) is 0 Å². The Balaban J connectivity index is 2.16. The van der Waals surface area contributed by atoms with Crippen molar-refractivity contribution in [3.05, 3.63) is 75.9 Å². The van der Waals surface area contributed by atoms with Crippen molar-refractivity contribution in [1.82, 2.24) is 14.5 Å². The van der Waals surface area contributed by atoms with Crippen LogP contribution < -0.4 is 5.56 Å². The molecule has 4 nitrogen and oxygen atoms in total. The fraction of sp³-hybridized carbons (Fsp3) is 0. The van der Waals surface area contributed by atoms with Crippen molar-refractivity contribution in [3.63, 3.8) is 0 Å². The molecule has 0 N–H and O–H groups in total. The largest absolute Gasteiger partial charge is 0.271 e. The van der Waals surface area contributed by atoms with Gasteiger partial charge < -0.3 is 0 Å². The fourth-order valence-corrected chi connectivity index (χ4v) is 2.43. The van der Waals surface area contributed by atoms with Gasteiger partial charge in [0.05, 0.1) is 10.2 Å². The zero-order valence-electron chi connectivity index (χ0n) is 10.4. The highest BCUT2D eigenvalue weighted by Crippen LogP contribution is 2.23. The van der Waals surface area contributed by atoms with E-state index in [2.05, 4.69) is 25.9 Å². The quantitative estimate of drug-likeness (QED) is 0.726. The van der Waals surface area contributed by atoms with Gasteiger partial charge in [-0.2, -0.15) is 0 Å². The molecule has 20 heavy (non-hydrogen) atoms. The molecule has 0 saturated carbocycles. The standard InChI is InChI=1S/C15H10BrN3O/c16-14-11(12-5-1-3-8-17-12)7-10-19(15(14)20)13-6-2-4-9-18-13/h1-10H. The van der Waals surface area contributed by atoms with E-state index < -0.39 is 0 Å². The Labute approximate surface area is 123 Å². The van der Waals surface area contributed by atoms with E-state index in [9.17, 15) is 4.79 Å². The van der Waals surface area contributed by atoms with Crippen LogP contribution >= 0.6 is 15.9 Å². The highest BCUT2D eigenvalue weighted by molar-refractivity contribution is 9.10. The molecule has 0 radical (unpaired) electrons. The second-order valence-corrected chi connectivity index (χ2v) is 4.91. The molecule has 3 rings (SSSR count). The summed E-state index contributed by atoms with van der Waals surface area (Å²) in [5.41, 5.74) is 1.36. The maximum absolute atomic E-state index is 12.4. The monoisotopic (exact) mass is 327 g/mol. The van der Waals surface area contributed by atoms with E-state index in [0.29, 0.717) is 10.3 Å². The Bertz CT molecular complexity index is 785. The molecule has 0 aliphatic rings. The van der Waals surface area contributed by atoms with Gasteiger partial charge in [-0.15, -0.1) is 0 Å². The van der Waals surface area contributed by atoms with Gasteiger partial charge in [-0.25, -0.2) is 4.98 Å². The van der Waals surface area contributed by atoms with Gasteiger partial charge in [0, 0.05) is 24.2 Å². The molecule has 3 aromatic rings. The minimum atomic E-state index is -0.160. The molecular formula is C15H10BrN3O. The van der Waals surface area contributed by atoms with Gasteiger partial charge in [-0.05, 0) is 46.3 Å². The summed E-state index contributed by atoms with van der Waals surface area (Å²) in [7, 11) is 0. The average molecular weight is 328 g/mol. The summed E-state index contributed by atoms with van der Waals surface area (Å²) in [6.07, 6.45) is 5.06. The first kappa shape index (κ1) is 12.7. The lowest BCUT2D eigenvalue weighted by Gasteiger charge is -2.08. The Kier molecular flexibility index (Phi) is 3.43. The summed E-state index contributed by atoms with van der Waals surface area (Å²) in [4.78, 5) is 20.9. The smallest absolute Gasteiger partial charge is 0.268 e. The molecule has 0 aromatic carbocycles. The molecule has 0 fully saturated rings.